The summed E-state index contributed by atoms with van der Waals surface area (Å²) in [7, 11) is 3.50. The molecule has 0 aromatic heterocycles. The third kappa shape index (κ3) is 7.40. The Labute approximate surface area is 167 Å². The van der Waals surface area contributed by atoms with E-state index in [0.717, 1.165) is 18.1 Å². The van der Waals surface area contributed by atoms with Gasteiger partial charge in [-0.2, -0.15) is 0 Å². The van der Waals surface area contributed by atoms with Crippen LogP contribution in [-0.4, -0.2) is 50.6 Å². The van der Waals surface area contributed by atoms with Crippen molar-refractivity contribution in [2.24, 2.45) is 4.99 Å². The van der Waals surface area contributed by atoms with E-state index in [1.165, 1.54) is 5.56 Å². The Morgan fingerprint density at radius 1 is 1.00 bits per heavy atom. The molecule has 0 aliphatic heterocycles. The topological polar surface area (TPSA) is 66.0 Å². The summed E-state index contributed by atoms with van der Waals surface area (Å²) in [6, 6.07) is 17.7. The van der Waals surface area contributed by atoms with Gasteiger partial charge in [0.15, 0.2) is 5.96 Å². The zero-order valence-electron chi connectivity index (χ0n) is 16.9. The average Bonchev–Trinajstić information content (AvgIpc) is 2.72. The zero-order chi connectivity index (χ0) is 20.2. The lowest BCUT2D eigenvalue weighted by atomic mass is 10.1. The number of hydrogen-bond donors (Lipinski definition) is 2. The van der Waals surface area contributed by atoms with E-state index in [2.05, 4.69) is 27.8 Å². The highest BCUT2D eigenvalue weighted by Gasteiger charge is 2.07. The molecule has 0 atom stereocenters. The molecule has 2 aromatic rings. The van der Waals surface area contributed by atoms with Crippen LogP contribution in [0.5, 0.6) is 0 Å². The Morgan fingerprint density at radius 3 is 2.36 bits per heavy atom. The van der Waals surface area contributed by atoms with Gasteiger partial charge in [0.05, 0.1) is 19.8 Å². The quantitative estimate of drug-likeness (QED) is 0.398. The number of nitrogens with one attached hydrogen (secondary N) is 2. The minimum atomic E-state index is 0.000518. The van der Waals surface area contributed by atoms with Crippen molar-refractivity contribution in [2.45, 2.75) is 20.1 Å². The number of amides is 1. The number of guanidine groups is 1. The largest absolute Gasteiger partial charge is 0.375 e. The van der Waals surface area contributed by atoms with E-state index >= 15 is 0 Å². The monoisotopic (exact) mass is 382 g/mol. The predicted octanol–water partition coefficient (Wildman–Crippen LogP) is 2.66. The summed E-state index contributed by atoms with van der Waals surface area (Å²) >= 11 is 0. The molecule has 1 amide bonds. The summed E-state index contributed by atoms with van der Waals surface area (Å²) in [4.78, 5) is 18.1. The maximum Gasteiger partial charge on any atom is 0.253 e. The van der Waals surface area contributed by atoms with Crippen LogP contribution in [0, 0.1) is 0 Å². The smallest absolute Gasteiger partial charge is 0.253 e. The normalized spacial score (nSPS) is 11.2. The molecule has 0 bridgehead atoms. The van der Waals surface area contributed by atoms with Crippen molar-refractivity contribution >= 4 is 11.9 Å². The molecule has 2 aromatic carbocycles. The first-order valence-electron chi connectivity index (χ1n) is 9.54. The number of carbonyl (C=O) groups is 1. The van der Waals surface area contributed by atoms with Gasteiger partial charge in [0.2, 0.25) is 0 Å². The Bertz CT molecular complexity index is 743. The van der Waals surface area contributed by atoms with Gasteiger partial charge in [-0.25, -0.2) is 4.99 Å². The van der Waals surface area contributed by atoms with Gasteiger partial charge in [0.1, 0.15) is 0 Å². The average molecular weight is 383 g/mol. The second-order valence-electron chi connectivity index (χ2n) is 6.56. The van der Waals surface area contributed by atoms with Crippen LogP contribution in [0.25, 0.3) is 0 Å². The first kappa shape index (κ1) is 21.4. The molecule has 0 heterocycles. The van der Waals surface area contributed by atoms with Gasteiger partial charge in [-0.15, -0.1) is 0 Å². The van der Waals surface area contributed by atoms with Crippen molar-refractivity contribution in [3.05, 3.63) is 71.3 Å². The number of rotatable bonds is 9. The molecule has 0 saturated carbocycles. The molecular formula is C22H30N4O2. The van der Waals surface area contributed by atoms with Crippen LogP contribution in [-0.2, 0) is 17.9 Å². The zero-order valence-corrected chi connectivity index (χ0v) is 16.9. The molecular weight excluding hydrogens is 352 g/mol. The molecule has 0 unspecified atom stereocenters. The molecule has 6 heteroatoms. The van der Waals surface area contributed by atoms with Gasteiger partial charge in [-0.05, 0) is 30.2 Å². The number of hydrogen-bond acceptors (Lipinski definition) is 3. The van der Waals surface area contributed by atoms with Crippen molar-refractivity contribution in [2.75, 3.05) is 33.8 Å². The lowest BCUT2D eigenvalue weighted by Crippen LogP contribution is -2.38. The maximum atomic E-state index is 11.9. The third-order valence-electron chi connectivity index (χ3n) is 4.02. The van der Waals surface area contributed by atoms with Crippen molar-refractivity contribution < 1.29 is 9.53 Å². The number of carbonyl (C=O) groups excluding carboxylic acids is 1. The molecule has 0 saturated heterocycles. The summed E-state index contributed by atoms with van der Waals surface area (Å²) in [6.07, 6.45) is 0. The molecule has 0 radical (unpaired) electrons. The number of ether oxygens (including phenoxy) is 1. The summed E-state index contributed by atoms with van der Waals surface area (Å²) in [5.41, 5.74) is 2.89. The fraction of sp³-hybridized carbons (Fsp3) is 0.364. The first-order chi connectivity index (χ1) is 13.6. The molecule has 6 nitrogen and oxygen atoms in total. The number of nitrogens with zero attached hydrogens (tertiary/aromatic N) is 2. The summed E-state index contributed by atoms with van der Waals surface area (Å²) in [5, 5.41) is 6.50. The van der Waals surface area contributed by atoms with E-state index in [-0.39, 0.29) is 5.91 Å². The van der Waals surface area contributed by atoms with E-state index in [4.69, 9.17) is 4.74 Å². The second-order valence-corrected chi connectivity index (χ2v) is 6.56. The van der Waals surface area contributed by atoms with Crippen molar-refractivity contribution in [3.63, 3.8) is 0 Å². The van der Waals surface area contributed by atoms with Crippen LogP contribution < -0.4 is 10.6 Å². The van der Waals surface area contributed by atoms with E-state index < -0.39 is 0 Å². The number of aliphatic imine (C=N–C) groups is 1. The molecule has 2 N–H and O–H groups in total. The van der Waals surface area contributed by atoms with E-state index in [1.54, 1.807) is 19.0 Å². The highest BCUT2D eigenvalue weighted by atomic mass is 16.5. The van der Waals surface area contributed by atoms with Gasteiger partial charge in [0.25, 0.3) is 5.91 Å². The van der Waals surface area contributed by atoms with Crippen LogP contribution in [0.1, 0.15) is 28.4 Å². The Hall–Kier alpha value is -2.86. The Balaban J connectivity index is 1.78. The van der Waals surface area contributed by atoms with Crippen molar-refractivity contribution in [1.82, 2.24) is 15.5 Å². The fourth-order valence-electron chi connectivity index (χ4n) is 2.53. The Morgan fingerprint density at radius 2 is 1.71 bits per heavy atom. The van der Waals surface area contributed by atoms with Crippen LogP contribution in [0.15, 0.2) is 59.6 Å². The molecule has 0 aliphatic rings. The lowest BCUT2D eigenvalue weighted by molar-refractivity contribution is 0.0827. The minimum Gasteiger partial charge on any atom is -0.375 e. The predicted molar refractivity (Wildman–Crippen MR) is 113 cm³/mol. The molecule has 28 heavy (non-hydrogen) atoms. The fourth-order valence-corrected chi connectivity index (χ4v) is 2.53. The molecule has 0 fully saturated rings. The maximum absolute atomic E-state index is 11.9. The van der Waals surface area contributed by atoms with Crippen LogP contribution >= 0.6 is 0 Å². The summed E-state index contributed by atoms with van der Waals surface area (Å²) < 4.78 is 5.68. The number of benzene rings is 2. The van der Waals surface area contributed by atoms with Crippen LogP contribution in [0.3, 0.4) is 0 Å². The van der Waals surface area contributed by atoms with Gasteiger partial charge in [-0.1, -0.05) is 42.5 Å². The standard InChI is InChI=1S/C22H30N4O2/c1-4-23-22(24-14-15-28-17-19-8-6-5-7-9-19)25-16-18-10-12-20(13-11-18)21(27)26(2)3/h5-13H,4,14-17H2,1-3H3,(H2,23,24,25). The van der Waals surface area contributed by atoms with Crippen LogP contribution in [0.2, 0.25) is 0 Å². The van der Waals surface area contributed by atoms with Crippen molar-refractivity contribution in [1.29, 1.82) is 0 Å². The van der Waals surface area contributed by atoms with E-state index in [1.807, 2.05) is 49.4 Å². The summed E-state index contributed by atoms with van der Waals surface area (Å²) in [6.45, 7) is 5.23. The SMILES string of the molecule is CCNC(=NCc1ccc(C(=O)N(C)C)cc1)NCCOCc1ccccc1. The Kier molecular flexibility index (Phi) is 9.01. The molecule has 2 rings (SSSR count). The van der Waals surface area contributed by atoms with Crippen LogP contribution in [0.4, 0.5) is 0 Å². The van der Waals surface area contributed by atoms with Gasteiger partial charge in [-0.3, -0.25) is 4.79 Å². The lowest BCUT2D eigenvalue weighted by Gasteiger charge is -2.12. The highest BCUT2D eigenvalue weighted by Crippen LogP contribution is 2.07. The van der Waals surface area contributed by atoms with Gasteiger partial charge < -0.3 is 20.3 Å². The second kappa shape index (κ2) is 11.8. The molecule has 150 valence electrons. The van der Waals surface area contributed by atoms with E-state index in [9.17, 15) is 4.79 Å². The molecule has 0 spiro atoms. The minimum absolute atomic E-state index is 0.000518. The van der Waals surface area contributed by atoms with Gasteiger partial charge in [0, 0.05) is 32.7 Å². The van der Waals surface area contributed by atoms with E-state index in [0.29, 0.717) is 31.9 Å². The first-order valence-corrected chi connectivity index (χ1v) is 9.54. The third-order valence-corrected chi connectivity index (χ3v) is 4.02. The van der Waals surface area contributed by atoms with Gasteiger partial charge >= 0.3 is 0 Å². The summed E-state index contributed by atoms with van der Waals surface area (Å²) in [5.74, 6) is 0.750. The van der Waals surface area contributed by atoms with Crippen molar-refractivity contribution in [3.8, 4) is 0 Å². The highest BCUT2D eigenvalue weighted by molar-refractivity contribution is 5.93. The molecule has 0 aliphatic carbocycles.